The second kappa shape index (κ2) is 6.43. The van der Waals surface area contributed by atoms with Gasteiger partial charge in [0.15, 0.2) is 11.5 Å². The Bertz CT molecular complexity index is 571. The molecule has 6 heteroatoms. The van der Waals surface area contributed by atoms with E-state index in [1.165, 1.54) is 0 Å². The van der Waals surface area contributed by atoms with Crippen LogP contribution in [0.15, 0.2) is 6.07 Å². The SMILES string of the molecule is COc1cc2nc(CCCBr)sc2c(OC)c1OC. The van der Waals surface area contributed by atoms with Gasteiger partial charge in [-0.25, -0.2) is 4.98 Å². The summed E-state index contributed by atoms with van der Waals surface area (Å²) in [6.45, 7) is 0. The number of benzene rings is 1. The van der Waals surface area contributed by atoms with E-state index in [1.54, 1.807) is 32.7 Å². The van der Waals surface area contributed by atoms with E-state index in [-0.39, 0.29) is 0 Å². The van der Waals surface area contributed by atoms with Gasteiger partial charge in [-0.1, -0.05) is 15.9 Å². The zero-order valence-electron chi connectivity index (χ0n) is 11.2. The van der Waals surface area contributed by atoms with Crippen LogP contribution in [-0.2, 0) is 6.42 Å². The number of rotatable bonds is 6. The van der Waals surface area contributed by atoms with Gasteiger partial charge in [0.25, 0.3) is 0 Å². The fourth-order valence-corrected chi connectivity index (χ4v) is 3.28. The van der Waals surface area contributed by atoms with Crippen LogP contribution in [0.25, 0.3) is 10.2 Å². The van der Waals surface area contributed by atoms with Crippen LogP contribution in [0.4, 0.5) is 0 Å². The summed E-state index contributed by atoms with van der Waals surface area (Å²) >= 11 is 5.08. The number of hydrogen-bond donors (Lipinski definition) is 0. The van der Waals surface area contributed by atoms with Crippen molar-refractivity contribution in [1.82, 2.24) is 4.98 Å². The summed E-state index contributed by atoms with van der Waals surface area (Å²) < 4.78 is 17.2. The number of ether oxygens (including phenoxy) is 3. The van der Waals surface area contributed by atoms with Crippen molar-refractivity contribution >= 4 is 37.5 Å². The van der Waals surface area contributed by atoms with Crippen molar-refractivity contribution < 1.29 is 14.2 Å². The van der Waals surface area contributed by atoms with Gasteiger partial charge in [-0.05, 0) is 6.42 Å². The first-order chi connectivity index (χ1) is 9.24. The van der Waals surface area contributed by atoms with Crippen molar-refractivity contribution in [3.8, 4) is 17.2 Å². The molecule has 0 radical (unpaired) electrons. The smallest absolute Gasteiger partial charge is 0.204 e. The minimum atomic E-state index is 0.619. The van der Waals surface area contributed by atoms with E-state index in [4.69, 9.17) is 14.2 Å². The van der Waals surface area contributed by atoms with Gasteiger partial charge in [-0.2, -0.15) is 0 Å². The third-order valence-electron chi connectivity index (χ3n) is 2.75. The summed E-state index contributed by atoms with van der Waals surface area (Å²) in [5.74, 6) is 1.96. The molecule has 0 atom stereocenters. The third kappa shape index (κ3) is 2.79. The number of methoxy groups -OCH3 is 3. The molecule has 1 aromatic carbocycles. The summed E-state index contributed by atoms with van der Waals surface area (Å²) in [5, 5.41) is 2.08. The zero-order valence-corrected chi connectivity index (χ0v) is 13.6. The first-order valence-corrected chi connectivity index (χ1v) is 7.83. The summed E-state index contributed by atoms with van der Waals surface area (Å²) in [7, 11) is 4.86. The number of halogens is 1. The van der Waals surface area contributed by atoms with Gasteiger partial charge in [0.2, 0.25) is 5.75 Å². The molecular formula is C13H16BrNO3S. The summed E-state index contributed by atoms with van der Waals surface area (Å²) in [6, 6.07) is 1.89. The number of alkyl halides is 1. The number of aryl methyl sites for hydroxylation is 1. The maximum Gasteiger partial charge on any atom is 0.204 e. The molecule has 0 spiro atoms. The molecule has 2 rings (SSSR count). The highest BCUT2D eigenvalue weighted by atomic mass is 79.9. The molecule has 2 aromatic rings. The second-order valence-electron chi connectivity index (χ2n) is 3.89. The minimum Gasteiger partial charge on any atom is -0.493 e. The van der Waals surface area contributed by atoms with Crippen LogP contribution in [0.5, 0.6) is 17.2 Å². The molecule has 1 heterocycles. The molecule has 0 bridgehead atoms. The first kappa shape index (κ1) is 14.4. The van der Waals surface area contributed by atoms with E-state index >= 15 is 0 Å². The van der Waals surface area contributed by atoms with E-state index in [0.29, 0.717) is 17.2 Å². The monoisotopic (exact) mass is 345 g/mol. The fraction of sp³-hybridized carbons (Fsp3) is 0.462. The van der Waals surface area contributed by atoms with Crippen LogP contribution in [0.2, 0.25) is 0 Å². The quantitative estimate of drug-likeness (QED) is 0.749. The molecule has 1 aromatic heterocycles. The molecule has 0 aliphatic heterocycles. The lowest BCUT2D eigenvalue weighted by Gasteiger charge is -2.11. The highest BCUT2D eigenvalue weighted by molar-refractivity contribution is 9.09. The predicted molar refractivity (Wildman–Crippen MR) is 81.4 cm³/mol. The van der Waals surface area contributed by atoms with Crippen LogP contribution in [0, 0.1) is 0 Å². The van der Waals surface area contributed by atoms with E-state index in [2.05, 4.69) is 20.9 Å². The van der Waals surface area contributed by atoms with Gasteiger partial charge in [-0.15, -0.1) is 11.3 Å². The Morgan fingerprint density at radius 1 is 1.16 bits per heavy atom. The van der Waals surface area contributed by atoms with Gasteiger partial charge < -0.3 is 14.2 Å². The molecule has 0 unspecified atom stereocenters. The standard InChI is InChI=1S/C13H16BrNO3S/c1-16-9-7-8-13(12(18-3)11(9)17-2)19-10(15-8)5-4-6-14/h7H,4-6H2,1-3H3. The molecule has 0 aliphatic carbocycles. The molecule has 104 valence electrons. The van der Waals surface area contributed by atoms with Gasteiger partial charge in [-0.3, -0.25) is 0 Å². The van der Waals surface area contributed by atoms with Gasteiger partial charge >= 0.3 is 0 Å². The molecular weight excluding hydrogens is 330 g/mol. The minimum absolute atomic E-state index is 0.619. The number of nitrogens with zero attached hydrogens (tertiary/aromatic N) is 1. The van der Waals surface area contributed by atoms with Crippen molar-refractivity contribution in [2.75, 3.05) is 26.7 Å². The van der Waals surface area contributed by atoms with Gasteiger partial charge in [0.05, 0.1) is 31.9 Å². The number of aromatic nitrogens is 1. The third-order valence-corrected chi connectivity index (χ3v) is 4.44. The van der Waals surface area contributed by atoms with E-state index in [0.717, 1.165) is 33.4 Å². The Kier molecular flexibility index (Phi) is 4.87. The first-order valence-electron chi connectivity index (χ1n) is 5.89. The molecule has 0 amide bonds. The topological polar surface area (TPSA) is 40.6 Å². The highest BCUT2D eigenvalue weighted by Gasteiger charge is 2.19. The Labute approximate surface area is 124 Å². The number of hydrogen-bond acceptors (Lipinski definition) is 5. The number of thiazole rings is 1. The molecule has 0 N–H and O–H groups in total. The van der Waals surface area contributed by atoms with Crippen LogP contribution in [0.1, 0.15) is 11.4 Å². The van der Waals surface area contributed by atoms with Crippen molar-refractivity contribution in [3.63, 3.8) is 0 Å². The van der Waals surface area contributed by atoms with Crippen molar-refractivity contribution in [3.05, 3.63) is 11.1 Å². The van der Waals surface area contributed by atoms with Crippen molar-refractivity contribution in [2.45, 2.75) is 12.8 Å². The summed E-state index contributed by atoms with van der Waals surface area (Å²) in [4.78, 5) is 4.62. The van der Waals surface area contributed by atoms with Gasteiger partial charge in [0, 0.05) is 17.8 Å². The molecule has 0 saturated heterocycles. The lowest BCUT2D eigenvalue weighted by Crippen LogP contribution is -1.94. The van der Waals surface area contributed by atoms with Crippen LogP contribution in [0.3, 0.4) is 0 Å². The molecule has 0 aliphatic rings. The molecule has 4 nitrogen and oxygen atoms in total. The Morgan fingerprint density at radius 2 is 1.89 bits per heavy atom. The lowest BCUT2D eigenvalue weighted by atomic mass is 10.2. The zero-order chi connectivity index (χ0) is 13.8. The largest absolute Gasteiger partial charge is 0.493 e. The Balaban J connectivity index is 2.56. The van der Waals surface area contributed by atoms with Gasteiger partial charge in [0.1, 0.15) is 4.70 Å². The fourth-order valence-electron chi connectivity index (χ4n) is 1.90. The normalized spacial score (nSPS) is 10.7. The van der Waals surface area contributed by atoms with E-state index in [1.807, 2.05) is 6.07 Å². The van der Waals surface area contributed by atoms with Crippen molar-refractivity contribution in [2.24, 2.45) is 0 Å². The number of fused-ring (bicyclic) bond motifs is 1. The van der Waals surface area contributed by atoms with Crippen LogP contribution in [-0.4, -0.2) is 31.6 Å². The lowest BCUT2D eigenvalue weighted by molar-refractivity contribution is 0.327. The maximum atomic E-state index is 5.47. The molecule has 0 saturated carbocycles. The second-order valence-corrected chi connectivity index (χ2v) is 5.77. The predicted octanol–water partition coefficient (Wildman–Crippen LogP) is 3.65. The van der Waals surface area contributed by atoms with E-state index in [9.17, 15) is 0 Å². The average Bonchev–Trinajstić information content (AvgIpc) is 2.85. The summed E-state index contributed by atoms with van der Waals surface area (Å²) in [5.41, 5.74) is 0.893. The molecule has 0 fully saturated rings. The molecule has 19 heavy (non-hydrogen) atoms. The highest BCUT2D eigenvalue weighted by Crippen LogP contribution is 2.45. The van der Waals surface area contributed by atoms with E-state index < -0.39 is 0 Å². The summed E-state index contributed by atoms with van der Waals surface area (Å²) in [6.07, 6.45) is 2.02. The van der Waals surface area contributed by atoms with Crippen LogP contribution >= 0.6 is 27.3 Å². The van der Waals surface area contributed by atoms with Crippen LogP contribution < -0.4 is 14.2 Å². The average molecular weight is 346 g/mol. The maximum absolute atomic E-state index is 5.47. The van der Waals surface area contributed by atoms with Crippen molar-refractivity contribution in [1.29, 1.82) is 0 Å². The Hall–Kier alpha value is -1.01. The Morgan fingerprint density at radius 3 is 2.47 bits per heavy atom.